The molecule has 1 aliphatic rings. The summed E-state index contributed by atoms with van der Waals surface area (Å²) in [6.45, 7) is 15.0. The maximum Gasteiger partial charge on any atom is 0.413 e. The topological polar surface area (TPSA) is 43.1 Å². The van der Waals surface area contributed by atoms with Gasteiger partial charge in [0.1, 0.15) is 24.1 Å². The van der Waals surface area contributed by atoms with Crippen molar-refractivity contribution in [3.63, 3.8) is 0 Å². The van der Waals surface area contributed by atoms with Gasteiger partial charge in [0.05, 0.1) is 12.6 Å². The fraction of sp³-hybridized carbons (Fsp3) is 0.556. The van der Waals surface area contributed by atoms with E-state index in [2.05, 4.69) is 4.85 Å². The Morgan fingerprint density at radius 3 is 2.42 bits per heavy atom. The lowest BCUT2D eigenvalue weighted by Crippen LogP contribution is -2.50. The Balaban J connectivity index is 2.32. The third-order valence-corrected chi connectivity index (χ3v) is 3.78. The summed E-state index contributed by atoms with van der Waals surface area (Å²) in [6.07, 6.45) is -1.22. The summed E-state index contributed by atoms with van der Waals surface area (Å²) in [5, 5.41) is 0. The molecule has 0 aromatic heterocycles. The predicted octanol–water partition coefficient (Wildman–Crippen LogP) is 4.62. The van der Waals surface area contributed by atoms with Crippen molar-refractivity contribution >= 4 is 11.8 Å². The number of benzene rings is 1. The van der Waals surface area contributed by atoms with Crippen molar-refractivity contribution in [2.75, 3.05) is 6.67 Å². The van der Waals surface area contributed by atoms with Gasteiger partial charge in [0.15, 0.2) is 5.69 Å². The molecule has 0 saturated carbocycles. The van der Waals surface area contributed by atoms with E-state index in [1.54, 1.807) is 58.9 Å². The maximum atomic E-state index is 13.8. The standard InChI is InChI=1S/C18H23FN2O3/c1-17(2,3)24-16(22)21-14(11-19)15(23-18(21,4)5)12-7-9-13(20-6)10-8-12/h7-10,14-15H,11H2,1-5H3/t14-,15-/m1/s1. The monoisotopic (exact) mass is 334 g/mol. The first kappa shape index (κ1) is 18.2. The van der Waals surface area contributed by atoms with Gasteiger partial charge in [0.2, 0.25) is 0 Å². The highest BCUT2D eigenvalue weighted by molar-refractivity contribution is 5.70. The van der Waals surface area contributed by atoms with Crippen LogP contribution in [0.3, 0.4) is 0 Å². The number of nitrogens with zero attached hydrogens (tertiary/aromatic N) is 2. The summed E-state index contributed by atoms with van der Waals surface area (Å²) in [6, 6.07) is 5.99. The predicted molar refractivity (Wildman–Crippen MR) is 88.4 cm³/mol. The number of amides is 1. The second-order valence-electron chi connectivity index (χ2n) is 7.26. The van der Waals surface area contributed by atoms with Crippen molar-refractivity contribution in [2.24, 2.45) is 0 Å². The summed E-state index contributed by atoms with van der Waals surface area (Å²) in [4.78, 5) is 17.2. The van der Waals surface area contributed by atoms with Crippen molar-refractivity contribution in [3.8, 4) is 0 Å². The van der Waals surface area contributed by atoms with Gasteiger partial charge in [0, 0.05) is 0 Å². The fourth-order valence-electron chi connectivity index (χ4n) is 2.83. The third-order valence-electron chi connectivity index (χ3n) is 3.78. The maximum absolute atomic E-state index is 13.8. The van der Waals surface area contributed by atoms with Crippen molar-refractivity contribution in [1.82, 2.24) is 4.90 Å². The number of ether oxygens (including phenoxy) is 2. The highest BCUT2D eigenvalue weighted by Crippen LogP contribution is 2.42. The number of carbonyl (C=O) groups excluding carboxylic acids is 1. The molecule has 130 valence electrons. The highest BCUT2D eigenvalue weighted by atomic mass is 19.1. The van der Waals surface area contributed by atoms with Crippen LogP contribution < -0.4 is 0 Å². The molecule has 1 amide bonds. The summed E-state index contributed by atoms with van der Waals surface area (Å²) in [5.74, 6) is 0. The molecule has 2 rings (SSSR count). The molecule has 2 atom stereocenters. The molecule has 0 N–H and O–H groups in total. The number of alkyl halides is 1. The van der Waals surface area contributed by atoms with E-state index in [4.69, 9.17) is 16.0 Å². The summed E-state index contributed by atoms with van der Waals surface area (Å²) < 4.78 is 25.2. The van der Waals surface area contributed by atoms with Crippen LogP contribution in [0.15, 0.2) is 24.3 Å². The minimum Gasteiger partial charge on any atom is -0.444 e. The molecular formula is C18H23FN2O3. The zero-order chi connectivity index (χ0) is 18.1. The van der Waals surface area contributed by atoms with E-state index in [9.17, 15) is 9.18 Å². The van der Waals surface area contributed by atoms with Crippen LogP contribution in [0.2, 0.25) is 0 Å². The molecule has 1 saturated heterocycles. The number of carbonyl (C=O) groups is 1. The van der Waals surface area contributed by atoms with E-state index in [0.29, 0.717) is 5.69 Å². The van der Waals surface area contributed by atoms with Gasteiger partial charge in [0.25, 0.3) is 0 Å². The normalized spacial score (nSPS) is 23.0. The Morgan fingerprint density at radius 1 is 1.38 bits per heavy atom. The van der Waals surface area contributed by atoms with Crippen molar-refractivity contribution in [3.05, 3.63) is 41.2 Å². The van der Waals surface area contributed by atoms with Crippen LogP contribution in [0, 0.1) is 6.57 Å². The molecule has 0 aliphatic carbocycles. The van der Waals surface area contributed by atoms with Gasteiger partial charge in [-0.2, -0.15) is 0 Å². The molecule has 1 aromatic carbocycles. The molecule has 24 heavy (non-hydrogen) atoms. The van der Waals surface area contributed by atoms with Crippen LogP contribution in [0.1, 0.15) is 46.3 Å². The Bertz CT molecular complexity index is 644. The van der Waals surface area contributed by atoms with Gasteiger partial charge in [-0.3, -0.25) is 4.90 Å². The molecule has 0 radical (unpaired) electrons. The van der Waals surface area contributed by atoms with Gasteiger partial charge >= 0.3 is 6.09 Å². The van der Waals surface area contributed by atoms with Crippen molar-refractivity contribution in [1.29, 1.82) is 0 Å². The first-order chi connectivity index (χ1) is 11.1. The minimum absolute atomic E-state index is 0.497. The van der Waals surface area contributed by atoms with Gasteiger partial charge in [-0.1, -0.05) is 24.3 Å². The number of hydrogen-bond donors (Lipinski definition) is 0. The fourth-order valence-corrected chi connectivity index (χ4v) is 2.83. The first-order valence-electron chi connectivity index (χ1n) is 7.82. The van der Waals surface area contributed by atoms with Crippen LogP contribution in [-0.4, -0.2) is 35.0 Å². The van der Waals surface area contributed by atoms with E-state index in [-0.39, 0.29) is 0 Å². The molecule has 1 fully saturated rings. The largest absolute Gasteiger partial charge is 0.444 e. The Kier molecular flexibility index (Phi) is 4.86. The Hall–Kier alpha value is -2.13. The number of hydrogen-bond acceptors (Lipinski definition) is 3. The lowest BCUT2D eigenvalue weighted by Gasteiger charge is -2.34. The third kappa shape index (κ3) is 3.68. The van der Waals surface area contributed by atoms with Crippen LogP contribution >= 0.6 is 0 Å². The van der Waals surface area contributed by atoms with E-state index in [1.165, 1.54) is 4.90 Å². The van der Waals surface area contributed by atoms with Gasteiger partial charge in [-0.15, -0.1) is 0 Å². The van der Waals surface area contributed by atoms with Gasteiger partial charge < -0.3 is 9.47 Å². The van der Waals surface area contributed by atoms with Crippen LogP contribution in [-0.2, 0) is 9.47 Å². The average molecular weight is 334 g/mol. The summed E-state index contributed by atoms with van der Waals surface area (Å²) in [7, 11) is 0. The molecule has 6 heteroatoms. The van der Waals surface area contributed by atoms with Gasteiger partial charge in [-0.05, 0) is 40.2 Å². The molecule has 0 spiro atoms. The number of halogens is 1. The van der Waals surface area contributed by atoms with Gasteiger partial charge in [-0.25, -0.2) is 14.0 Å². The van der Waals surface area contributed by atoms with Crippen molar-refractivity contribution < 1.29 is 18.7 Å². The van der Waals surface area contributed by atoms with Crippen LogP contribution in [0.4, 0.5) is 14.9 Å². The second-order valence-corrected chi connectivity index (χ2v) is 7.26. The minimum atomic E-state index is -0.998. The zero-order valence-electron chi connectivity index (χ0n) is 14.7. The van der Waals surface area contributed by atoms with Crippen LogP contribution in [0.25, 0.3) is 4.85 Å². The Labute approximate surface area is 142 Å². The molecule has 1 heterocycles. The summed E-state index contributed by atoms with van der Waals surface area (Å²) in [5.41, 5.74) is -0.452. The lowest BCUT2D eigenvalue weighted by atomic mass is 10.0. The molecule has 1 aromatic rings. The first-order valence-corrected chi connectivity index (χ1v) is 7.82. The zero-order valence-corrected chi connectivity index (χ0v) is 14.7. The smallest absolute Gasteiger partial charge is 0.413 e. The van der Waals surface area contributed by atoms with E-state index >= 15 is 0 Å². The molecular weight excluding hydrogens is 311 g/mol. The quantitative estimate of drug-likeness (QED) is 0.741. The molecule has 0 bridgehead atoms. The SMILES string of the molecule is [C-]#[N+]c1ccc([C@H]2OC(C)(C)N(C(=O)OC(C)(C)C)[C@@H]2CF)cc1. The average Bonchev–Trinajstić information content (AvgIpc) is 2.76. The number of rotatable bonds is 2. The molecule has 1 aliphatic heterocycles. The lowest BCUT2D eigenvalue weighted by molar-refractivity contribution is -0.0797. The van der Waals surface area contributed by atoms with Crippen molar-refractivity contribution in [2.45, 2.75) is 58.1 Å². The van der Waals surface area contributed by atoms with E-state index in [0.717, 1.165) is 5.56 Å². The Morgan fingerprint density at radius 2 is 1.96 bits per heavy atom. The molecule has 0 unspecified atom stereocenters. The highest BCUT2D eigenvalue weighted by Gasteiger charge is 2.51. The van der Waals surface area contributed by atoms with E-state index < -0.39 is 36.2 Å². The van der Waals surface area contributed by atoms with Crippen LogP contribution in [0.5, 0.6) is 0 Å². The summed E-state index contributed by atoms with van der Waals surface area (Å²) >= 11 is 0. The second kappa shape index (κ2) is 6.40. The van der Waals surface area contributed by atoms with E-state index in [1.807, 2.05) is 0 Å². The molecule has 5 nitrogen and oxygen atoms in total.